The molecule has 116 valence electrons. The van der Waals surface area contributed by atoms with Gasteiger partial charge in [-0.3, -0.25) is 4.79 Å². The zero-order chi connectivity index (χ0) is 15.7. The molecule has 1 aliphatic rings. The Bertz CT molecular complexity index is 805. The van der Waals surface area contributed by atoms with Crippen LogP contribution in [0.15, 0.2) is 57.7 Å². The Kier molecular flexibility index (Phi) is 3.50. The molecule has 2 aromatic heterocycles. The number of thiophene rings is 1. The summed E-state index contributed by atoms with van der Waals surface area (Å²) in [5.74, 6) is 0.423. The summed E-state index contributed by atoms with van der Waals surface area (Å²) in [6.07, 6.45) is 2.25. The predicted molar refractivity (Wildman–Crippen MR) is 89.5 cm³/mol. The summed E-state index contributed by atoms with van der Waals surface area (Å²) in [5.41, 5.74) is 2.69. The lowest BCUT2D eigenvalue weighted by Gasteiger charge is -2.13. The van der Waals surface area contributed by atoms with Gasteiger partial charge < -0.3 is 9.84 Å². The van der Waals surface area contributed by atoms with Gasteiger partial charge in [0, 0.05) is 23.6 Å². The van der Waals surface area contributed by atoms with E-state index in [1.807, 2.05) is 30.3 Å². The van der Waals surface area contributed by atoms with Crippen LogP contribution in [0.1, 0.15) is 28.9 Å². The van der Waals surface area contributed by atoms with E-state index in [9.17, 15) is 4.79 Å². The van der Waals surface area contributed by atoms with Crippen LogP contribution in [0, 0.1) is 0 Å². The van der Waals surface area contributed by atoms with Crippen LogP contribution >= 0.6 is 11.3 Å². The van der Waals surface area contributed by atoms with Crippen molar-refractivity contribution in [2.45, 2.75) is 18.3 Å². The Balaban J connectivity index is 1.43. The summed E-state index contributed by atoms with van der Waals surface area (Å²) >= 11 is 1.70. The first kappa shape index (κ1) is 14.2. The normalized spacial score (nSPS) is 15.3. The molecule has 1 aliphatic carbocycles. The summed E-state index contributed by atoms with van der Waals surface area (Å²) in [5, 5.41) is 11.1. The van der Waals surface area contributed by atoms with Crippen molar-refractivity contribution < 1.29 is 9.32 Å². The standard InChI is InChI=1S/C18H16N2O2S/c21-17(19-12-18(7-8-18)14-6-9-23-11-14)15-10-16(22-20-15)13-4-2-1-3-5-13/h1-6,9-11H,7-8,12H2,(H,19,21). The minimum absolute atomic E-state index is 0.127. The number of rotatable bonds is 5. The molecule has 0 bridgehead atoms. The quantitative estimate of drug-likeness (QED) is 0.775. The van der Waals surface area contributed by atoms with Gasteiger partial charge in [-0.1, -0.05) is 35.5 Å². The lowest BCUT2D eigenvalue weighted by atomic mass is 9.99. The van der Waals surface area contributed by atoms with Gasteiger partial charge in [0.05, 0.1) is 0 Å². The zero-order valence-corrected chi connectivity index (χ0v) is 13.3. The molecule has 4 nitrogen and oxygen atoms in total. The van der Waals surface area contributed by atoms with Crippen LogP contribution in [0.25, 0.3) is 11.3 Å². The smallest absolute Gasteiger partial charge is 0.273 e. The van der Waals surface area contributed by atoms with Crippen molar-refractivity contribution in [1.82, 2.24) is 10.5 Å². The van der Waals surface area contributed by atoms with Crippen molar-refractivity contribution in [3.8, 4) is 11.3 Å². The Hall–Kier alpha value is -2.40. The van der Waals surface area contributed by atoms with Crippen LogP contribution in [-0.4, -0.2) is 17.6 Å². The maximum Gasteiger partial charge on any atom is 0.273 e. The van der Waals surface area contributed by atoms with Crippen LogP contribution in [0.2, 0.25) is 0 Å². The topological polar surface area (TPSA) is 55.1 Å². The first-order chi connectivity index (χ1) is 11.3. The number of nitrogens with one attached hydrogen (secondary N) is 1. The Morgan fingerprint density at radius 1 is 1.26 bits per heavy atom. The number of nitrogens with zero attached hydrogens (tertiary/aromatic N) is 1. The van der Waals surface area contributed by atoms with E-state index in [2.05, 4.69) is 27.3 Å². The van der Waals surface area contributed by atoms with Crippen molar-refractivity contribution >= 4 is 17.2 Å². The molecular formula is C18H16N2O2S. The van der Waals surface area contributed by atoms with Gasteiger partial charge in [0.2, 0.25) is 0 Å². The molecule has 5 heteroatoms. The maximum absolute atomic E-state index is 12.3. The largest absolute Gasteiger partial charge is 0.355 e. The van der Waals surface area contributed by atoms with Crippen LogP contribution in [0.5, 0.6) is 0 Å². The van der Waals surface area contributed by atoms with E-state index in [1.165, 1.54) is 5.56 Å². The Morgan fingerprint density at radius 3 is 2.78 bits per heavy atom. The van der Waals surface area contributed by atoms with Crippen molar-refractivity contribution in [3.05, 3.63) is 64.5 Å². The van der Waals surface area contributed by atoms with Crippen molar-refractivity contribution in [3.63, 3.8) is 0 Å². The summed E-state index contributed by atoms with van der Waals surface area (Å²) in [4.78, 5) is 12.3. The third-order valence-corrected chi connectivity index (χ3v) is 5.06. The lowest BCUT2D eigenvalue weighted by molar-refractivity contribution is 0.0940. The minimum atomic E-state index is -0.183. The molecule has 0 saturated heterocycles. The number of amides is 1. The van der Waals surface area contributed by atoms with Crippen molar-refractivity contribution in [1.29, 1.82) is 0 Å². The van der Waals surface area contributed by atoms with E-state index in [-0.39, 0.29) is 11.3 Å². The first-order valence-corrected chi connectivity index (χ1v) is 8.54. The molecule has 1 saturated carbocycles. The van der Waals surface area contributed by atoms with Gasteiger partial charge in [0.1, 0.15) is 0 Å². The number of carbonyl (C=O) groups is 1. The Labute approximate surface area is 138 Å². The molecule has 4 rings (SSSR count). The van der Waals surface area contributed by atoms with Gasteiger partial charge >= 0.3 is 0 Å². The fraction of sp³-hybridized carbons (Fsp3) is 0.222. The van der Waals surface area contributed by atoms with E-state index >= 15 is 0 Å². The number of hydrogen-bond acceptors (Lipinski definition) is 4. The molecule has 1 amide bonds. The van der Waals surface area contributed by atoms with Gasteiger partial charge in [0.25, 0.3) is 5.91 Å². The van der Waals surface area contributed by atoms with Crippen molar-refractivity contribution in [2.24, 2.45) is 0 Å². The Morgan fingerprint density at radius 2 is 2.09 bits per heavy atom. The molecule has 1 fully saturated rings. The highest BCUT2D eigenvalue weighted by atomic mass is 32.1. The fourth-order valence-electron chi connectivity index (χ4n) is 2.75. The third kappa shape index (κ3) is 2.80. The molecule has 0 atom stereocenters. The highest BCUT2D eigenvalue weighted by molar-refractivity contribution is 7.08. The maximum atomic E-state index is 12.3. The van der Waals surface area contributed by atoms with E-state index in [1.54, 1.807) is 17.4 Å². The van der Waals surface area contributed by atoms with Crippen molar-refractivity contribution in [2.75, 3.05) is 6.54 Å². The summed E-state index contributed by atoms with van der Waals surface area (Å²) < 4.78 is 5.28. The lowest BCUT2D eigenvalue weighted by Crippen LogP contribution is -2.32. The molecule has 2 heterocycles. The van der Waals surface area contributed by atoms with Gasteiger partial charge in [-0.2, -0.15) is 11.3 Å². The monoisotopic (exact) mass is 324 g/mol. The van der Waals surface area contributed by atoms with Crippen LogP contribution in [0.3, 0.4) is 0 Å². The second kappa shape index (κ2) is 5.66. The molecule has 0 spiro atoms. The average Bonchev–Trinajstić information content (AvgIpc) is 3.03. The average molecular weight is 324 g/mol. The number of aromatic nitrogens is 1. The number of carbonyl (C=O) groups excluding carboxylic acids is 1. The van der Waals surface area contributed by atoms with Gasteiger partial charge in [0.15, 0.2) is 11.5 Å². The van der Waals surface area contributed by atoms with E-state index in [4.69, 9.17) is 4.52 Å². The molecule has 1 N–H and O–H groups in total. The summed E-state index contributed by atoms with van der Waals surface area (Å²) in [6, 6.07) is 13.5. The molecule has 1 aromatic carbocycles. The second-order valence-corrected chi connectivity index (χ2v) is 6.70. The molecule has 0 aliphatic heterocycles. The van der Waals surface area contributed by atoms with E-state index in [0.717, 1.165) is 18.4 Å². The van der Waals surface area contributed by atoms with E-state index in [0.29, 0.717) is 18.0 Å². The van der Waals surface area contributed by atoms with Crippen LogP contribution in [-0.2, 0) is 5.41 Å². The molecule has 3 aromatic rings. The number of hydrogen-bond donors (Lipinski definition) is 1. The zero-order valence-electron chi connectivity index (χ0n) is 12.5. The fourth-order valence-corrected chi connectivity index (χ4v) is 3.52. The SMILES string of the molecule is O=C(NCC1(c2ccsc2)CC1)c1cc(-c2ccccc2)on1. The highest BCUT2D eigenvalue weighted by Gasteiger charge is 2.44. The molecule has 0 unspecified atom stereocenters. The highest BCUT2D eigenvalue weighted by Crippen LogP contribution is 2.48. The van der Waals surface area contributed by atoms with Gasteiger partial charge in [-0.25, -0.2) is 0 Å². The van der Waals surface area contributed by atoms with Gasteiger partial charge in [-0.05, 0) is 35.2 Å². The van der Waals surface area contributed by atoms with Crippen LogP contribution in [0.4, 0.5) is 0 Å². The summed E-state index contributed by atoms with van der Waals surface area (Å²) in [7, 11) is 0. The summed E-state index contributed by atoms with van der Waals surface area (Å²) in [6.45, 7) is 0.649. The first-order valence-electron chi connectivity index (χ1n) is 7.60. The second-order valence-electron chi connectivity index (χ2n) is 5.92. The van der Waals surface area contributed by atoms with Gasteiger partial charge in [-0.15, -0.1) is 0 Å². The molecular weight excluding hydrogens is 308 g/mol. The third-order valence-electron chi connectivity index (χ3n) is 4.38. The van der Waals surface area contributed by atoms with Crippen LogP contribution < -0.4 is 5.32 Å². The van der Waals surface area contributed by atoms with E-state index < -0.39 is 0 Å². The minimum Gasteiger partial charge on any atom is -0.355 e. The number of benzene rings is 1. The molecule has 23 heavy (non-hydrogen) atoms. The predicted octanol–water partition coefficient (Wildman–Crippen LogP) is 3.86. The molecule has 0 radical (unpaired) electrons.